The van der Waals surface area contributed by atoms with Gasteiger partial charge in [-0.15, -0.1) is 29.9 Å². The van der Waals surface area contributed by atoms with Crippen molar-refractivity contribution in [2.45, 2.75) is 13.8 Å². The first-order chi connectivity index (χ1) is 19.0. The van der Waals surface area contributed by atoms with Gasteiger partial charge in [-0.05, 0) is 62.4 Å². The molecule has 0 radical (unpaired) electrons. The van der Waals surface area contributed by atoms with Crippen LogP contribution in [-0.2, 0) is 0 Å². The molecule has 0 aliphatic rings. The van der Waals surface area contributed by atoms with Crippen LogP contribution in [0.2, 0.25) is 0 Å². The summed E-state index contributed by atoms with van der Waals surface area (Å²) < 4.78 is 17.6. The molecule has 6 aromatic rings. The third-order valence-corrected chi connectivity index (χ3v) is 5.69. The van der Waals surface area contributed by atoms with Crippen LogP contribution in [0, 0.1) is 13.8 Å². The lowest BCUT2D eigenvalue weighted by atomic mass is 10.2. The molecule has 39 heavy (non-hydrogen) atoms. The largest absolute Gasteiger partial charge is 0.505 e. The summed E-state index contributed by atoms with van der Waals surface area (Å²) in [6.07, 6.45) is 0. The SMILES string of the molecule is Cc1ccc(Oc2nc(Oc3ccc(C)cc3)nc(Oc3ccc(-n4nc5ccccc5n4)c(O)c3)n2)cc1. The van der Waals surface area contributed by atoms with E-state index in [1.807, 2.05) is 86.6 Å². The predicted octanol–water partition coefficient (Wildman–Crippen LogP) is 6.30. The monoisotopic (exact) mass is 518 g/mol. The molecule has 0 bridgehead atoms. The molecule has 6 rings (SSSR count). The summed E-state index contributed by atoms with van der Waals surface area (Å²) in [4.78, 5) is 14.2. The third kappa shape index (κ3) is 5.44. The predicted molar refractivity (Wildman–Crippen MR) is 143 cm³/mol. The van der Waals surface area contributed by atoms with E-state index < -0.39 is 0 Å². The Hall–Kier alpha value is -5.51. The van der Waals surface area contributed by atoms with E-state index in [1.54, 1.807) is 12.1 Å². The van der Waals surface area contributed by atoms with Gasteiger partial charge in [0.05, 0.1) is 0 Å². The summed E-state index contributed by atoms with van der Waals surface area (Å²) >= 11 is 0. The Morgan fingerprint density at radius 1 is 0.564 bits per heavy atom. The Morgan fingerprint density at radius 3 is 1.46 bits per heavy atom. The van der Waals surface area contributed by atoms with Crippen LogP contribution in [0.5, 0.6) is 41.0 Å². The molecule has 4 aromatic carbocycles. The number of phenolic OH excluding ortho intramolecular Hbond substituents is 1. The average Bonchev–Trinajstić information content (AvgIpc) is 3.35. The Labute approximate surface area is 223 Å². The lowest BCUT2D eigenvalue weighted by molar-refractivity contribution is 0.361. The van der Waals surface area contributed by atoms with E-state index in [0.717, 1.165) is 11.1 Å². The second-order valence-electron chi connectivity index (χ2n) is 8.74. The molecule has 2 aromatic heterocycles. The molecule has 0 unspecified atom stereocenters. The average molecular weight is 519 g/mol. The molecule has 0 amide bonds. The van der Waals surface area contributed by atoms with Gasteiger partial charge in [0.25, 0.3) is 0 Å². The first-order valence-electron chi connectivity index (χ1n) is 12.1. The highest BCUT2D eigenvalue weighted by molar-refractivity contribution is 5.73. The van der Waals surface area contributed by atoms with E-state index in [1.165, 1.54) is 10.9 Å². The summed E-state index contributed by atoms with van der Waals surface area (Å²) in [7, 11) is 0. The smallest absolute Gasteiger partial charge is 0.331 e. The molecule has 10 nitrogen and oxygen atoms in total. The van der Waals surface area contributed by atoms with Gasteiger partial charge in [-0.1, -0.05) is 47.5 Å². The number of hydrogen-bond donors (Lipinski definition) is 1. The second-order valence-corrected chi connectivity index (χ2v) is 8.74. The van der Waals surface area contributed by atoms with Crippen molar-refractivity contribution in [2.24, 2.45) is 0 Å². The fourth-order valence-corrected chi connectivity index (χ4v) is 3.69. The Bertz CT molecular complexity index is 1670. The number of rotatable bonds is 7. The topological polar surface area (TPSA) is 117 Å². The molecule has 2 heterocycles. The van der Waals surface area contributed by atoms with Gasteiger partial charge in [-0.25, -0.2) is 0 Å². The van der Waals surface area contributed by atoms with Crippen LogP contribution in [0.1, 0.15) is 11.1 Å². The summed E-state index contributed by atoms with van der Waals surface area (Å²) in [5.74, 6) is 1.27. The molecule has 0 saturated heterocycles. The maximum atomic E-state index is 10.7. The van der Waals surface area contributed by atoms with Crippen molar-refractivity contribution in [3.63, 3.8) is 0 Å². The molecule has 0 aliphatic heterocycles. The van der Waals surface area contributed by atoms with Crippen LogP contribution in [0.15, 0.2) is 91.0 Å². The molecule has 1 N–H and O–H groups in total. The van der Waals surface area contributed by atoms with Crippen molar-refractivity contribution in [1.29, 1.82) is 0 Å². The number of aryl methyl sites for hydroxylation is 2. The van der Waals surface area contributed by atoms with Gasteiger partial charge in [-0.2, -0.15) is 0 Å². The van der Waals surface area contributed by atoms with Crippen molar-refractivity contribution >= 4 is 11.0 Å². The standard InChI is InChI=1S/C29H22N6O4/c1-18-7-11-20(12-8-18)37-27-30-28(38-21-13-9-19(2)10-14-21)32-29(31-27)39-22-15-16-25(26(36)17-22)35-33-23-5-3-4-6-24(23)34-35/h3-17,36H,1-2H3. The Balaban J connectivity index is 1.29. The normalized spacial score (nSPS) is 10.9. The van der Waals surface area contributed by atoms with E-state index in [0.29, 0.717) is 28.2 Å². The van der Waals surface area contributed by atoms with Gasteiger partial charge in [0, 0.05) is 6.07 Å². The molecule has 0 atom stereocenters. The van der Waals surface area contributed by atoms with Crippen LogP contribution in [-0.4, -0.2) is 35.1 Å². The molecule has 0 spiro atoms. The number of aromatic hydroxyl groups is 1. The minimum Gasteiger partial charge on any atom is -0.505 e. The van der Waals surface area contributed by atoms with Gasteiger partial charge >= 0.3 is 18.0 Å². The van der Waals surface area contributed by atoms with Gasteiger partial charge in [-0.3, -0.25) is 0 Å². The number of aromatic nitrogens is 6. The maximum Gasteiger partial charge on any atom is 0.331 e. The Morgan fingerprint density at radius 2 is 1.00 bits per heavy atom. The van der Waals surface area contributed by atoms with Crippen molar-refractivity contribution in [1.82, 2.24) is 29.9 Å². The first kappa shape index (κ1) is 23.9. The fraction of sp³-hybridized carbons (Fsp3) is 0.0690. The number of phenols is 1. The van der Waals surface area contributed by atoms with Gasteiger partial charge < -0.3 is 19.3 Å². The highest BCUT2D eigenvalue weighted by Gasteiger charge is 2.15. The Kier molecular flexibility index (Phi) is 6.18. The minimum atomic E-state index is -0.0888. The van der Waals surface area contributed by atoms with E-state index in [-0.39, 0.29) is 29.5 Å². The van der Waals surface area contributed by atoms with Crippen molar-refractivity contribution < 1.29 is 19.3 Å². The third-order valence-electron chi connectivity index (χ3n) is 5.69. The van der Waals surface area contributed by atoms with Crippen molar-refractivity contribution in [3.8, 4) is 46.7 Å². The minimum absolute atomic E-state index is 0.0146. The molecular weight excluding hydrogens is 496 g/mol. The van der Waals surface area contributed by atoms with Crippen LogP contribution in [0.25, 0.3) is 16.7 Å². The van der Waals surface area contributed by atoms with Crippen molar-refractivity contribution in [2.75, 3.05) is 0 Å². The molecule has 0 fully saturated rings. The van der Waals surface area contributed by atoms with E-state index >= 15 is 0 Å². The van der Waals surface area contributed by atoms with Gasteiger partial charge in [0.2, 0.25) is 0 Å². The van der Waals surface area contributed by atoms with Gasteiger partial charge in [0.1, 0.15) is 39.7 Å². The molecule has 10 heteroatoms. The van der Waals surface area contributed by atoms with Crippen molar-refractivity contribution in [3.05, 3.63) is 102 Å². The van der Waals surface area contributed by atoms with E-state index in [9.17, 15) is 5.11 Å². The quantitative estimate of drug-likeness (QED) is 0.260. The molecule has 0 aliphatic carbocycles. The van der Waals surface area contributed by atoms with Gasteiger partial charge in [0.15, 0.2) is 0 Å². The summed E-state index contributed by atoms with van der Waals surface area (Å²) in [6.45, 7) is 3.97. The van der Waals surface area contributed by atoms with Crippen LogP contribution in [0.4, 0.5) is 0 Å². The number of hydrogen-bond acceptors (Lipinski definition) is 9. The number of fused-ring (bicyclic) bond motifs is 1. The maximum absolute atomic E-state index is 10.7. The summed E-state index contributed by atoms with van der Waals surface area (Å²) in [5, 5.41) is 19.5. The lowest BCUT2D eigenvalue weighted by Gasteiger charge is -2.10. The molecule has 0 saturated carbocycles. The fourth-order valence-electron chi connectivity index (χ4n) is 3.69. The number of nitrogens with zero attached hydrogens (tertiary/aromatic N) is 6. The van der Waals surface area contributed by atoms with E-state index in [2.05, 4.69) is 25.1 Å². The second kappa shape index (κ2) is 10.1. The van der Waals surface area contributed by atoms with Crippen LogP contribution in [0.3, 0.4) is 0 Å². The summed E-state index contributed by atoms with van der Waals surface area (Å²) in [5.41, 5.74) is 3.99. The zero-order chi connectivity index (χ0) is 26.8. The zero-order valence-electron chi connectivity index (χ0n) is 21.0. The first-order valence-corrected chi connectivity index (χ1v) is 12.1. The highest BCUT2D eigenvalue weighted by Crippen LogP contribution is 2.31. The summed E-state index contributed by atoms with van der Waals surface area (Å²) in [6, 6.07) is 26.9. The zero-order valence-corrected chi connectivity index (χ0v) is 21.0. The lowest BCUT2D eigenvalue weighted by Crippen LogP contribution is -2.02. The van der Waals surface area contributed by atoms with E-state index in [4.69, 9.17) is 14.2 Å². The number of ether oxygens (including phenoxy) is 3. The highest BCUT2D eigenvalue weighted by atomic mass is 16.5. The molecule has 192 valence electrons. The van der Waals surface area contributed by atoms with Crippen LogP contribution >= 0.6 is 0 Å². The number of benzene rings is 4. The van der Waals surface area contributed by atoms with Crippen LogP contribution < -0.4 is 14.2 Å². The molecular formula is C29H22N6O4.